The number of nitro groups is 1. The number of aromatic nitrogens is 1. The normalized spacial score (nSPS) is 11.6. The molecule has 10 nitrogen and oxygen atoms in total. The van der Waals surface area contributed by atoms with Crippen molar-refractivity contribution in [3.63, 3.8) is 0 Å². The van der Waals surface area contributed by atoms with Crippen LogP contribution < -0.4 is 9.64 Å². The van der Waals surface area contributed by atoms with Gasteiger partial charge in [-0.05, 0) is 64.1 Å². The number of nitro benzene ring substituents is 1. The Labute approximate surface area is 207 Å². The van der Waals surface area contributed by atoms with Gasteiger partial charge in [-0.3, -0.25) is 10.1 Å². The van der Waals surface area contributed by atoms with Gasteiger partial charge in [0, 0.05) is 18.3 Å². The van der Waals surface area contributed by atoms with Gasteiger partial charge in [0.25, 0.3) is 0 Å². The summed E-state index contributed by atoms with van der Waals surface area (Å²) in [5, 5.41) is 10.8. The summed E-state index contributed by atoms with van der Waals surface area (Å²) in [6, 6.07) is 2.17. The largest absolute Gasteiger partial charge is 0.453 e. The molecule has 0 saturated heterocycles. The lowest BCUT2D eigenvalue weighted by Gasteiger charge is -2.28. The van der Waals surface area contributed by atoms with Crippen molar-refractivity contribution in [3.8, 4) is 11.5 Å². The zero-order valence-electron chi connectivity index (χ0n) is 19.1. The first-order valence-electron chi connectivity index (χ1n) is 9.72. The number of halogens is 3. The Hall–Kier alpha value is -3.10. The van der Waals surface area contributed by atoms with Crippen molar-refractivity contribution in [2.75, 3.05) is 4.90 Å². The molecule has 2 amide bonds. The second kappa shape index (κ2) is 10.0. The number of amides is 2. The van der Waals surface area contributed by atoms with Crippen LogP contribution in [0.2, 0.25) is 0 Å². The van der Waals surface area contributed by atoms with E-state index >= 15 is 0 Å². The predicted octanol–water partition coefficient (Wildman–Crippen LogP) is 6.34. The number of carbonyl (C=O) groups is 2. The smallest absolute Gasteiger partial charge is 0.425 e. The Balaban J connectivity index is 2.53. The summed E-state index contributed by atoms with van der Waals surface area (Å²) in [7, 11) is 0. The zero-order chi connectivity index (χ0) is 26.0. The van der Waals surface area contributed by atoms with Crippen molar-refractivity contribution in [1.82, 2.24) is 4.98 Å². The maximum Gasteiger partial charge on any atom is 0.425 e. The van der Waals surface area contributed by atoms with E-state index in [-0.39, 0.29) is 15.1 Å². The minimum Gasteiger partial charge on any atom is -0.453 e. The molecular formula is C21H22F2IN3O7. The number of rotatable bonds is 4. The lowest BCUT2D eigenvalue weighted by atomic mass is 10.2. The van der Waals surface area contributed by atoms with Crippen LogP contribution in [0.25, 0.3) is 0 Å². The summed E-state index contributed by atoms with van der Waals surface area (Å²) >= 11 is 1.69. The molecule has 0 spiro atoms. The second-order valence-electron chi connectivity index (χ2n) is 8.84. The van der Waals surface area contributed by atoms with Crippen LogP contribution in [0.5, 0.6) is 11.5 Å². The van der Waals surface area contributed by atoms with E-state index < -0.39 is 51.4 Å². The van der Waals surface area contributed by atoms with E-state index in [0.717, 1.165) is 6.20 Å². The molecule has 1 heterocycles. The molecule has 0 unspecified atom stereocenters. The van der Waals surface area contributed by atoms with E-state index in [1.165, 1.54) is 6.07 Å². The molecule has 0 saturated carbocycles. The van der Waals surface area contributed by atoms with Gasteiger partial charge < -0.3 is 14.2 Å². The van der Waals surface area contributed by atoms with Gasteiger partial charge in [-0.15, -0.1) is 0 Å². The molecule has 0 aliphatic heterocycles. The number of benzene rings is 1. The zero-order valence-corrected chi connectivity index (χ0v) is 21.3. The van der Waals surface area contributed by atoms with Crippen LogP contribution in [0.3, 0.4) is 0 Å². The minimum absolute atomic E-state index is 0.0509. The van der Waals surface area contributed by atoms with Gasteiger partial charge in [0.15, 0.2) is 17.4 Å². The molecule has 1 aromatic heterocycles. The minimum atomic E-state index is -1.31. The third-order valence-corrected chi connectivity index (χ3v) is 4.63. The average molecular weight is 593 g/mol. The Kier molecular flexibility index (Phi) is 8.01. The Morgan fingerprint density at radius 3 is 2.00 bits per heavy atom. The Morgan fingerprint density at radius 2 is 1.53 bits per heavy atom. The topological polar surface area (TPSA) is 121 Å². The fourth-order valence-corrected chi connectivity index (χ4v) is 3.04. The van der Waals surface area contributed by atoms with Crippen LogP contribution in [0.1, 0.15) is 41.5 Å². The Bertz CT molecular complexity index is 1100. The van der Waals surface area contributed by atoms with Crippen LogP contribution in [0.15, 0.2) is 24.4 Å². The monoisotopic (exact) mass is 593 g/mol. The molecule has 1 aromatic carbocycles. The first-order valence-corrected chi connectivity index (χ1v) is 10.8. The van der Waals surface area contributed by atoms with Gasteiger partial charge in [0.2, 0.25) is 5.82 Å². The second-order valence-corrected chi connectivity index (χ2v) is 9.91. The van der Waals surface area contributed by atoms with Gasteiger partial charge >= 0.3 is 17.9 Å². The summed E-state index contributed by atoms with van der Waals surface area (Å²) in [5.74, 6) is -3.52. The average Bonchev–Trinajstić information content (AvgIpc) is 2.64. The van der Waals surface area contributed by atoms with Crippen molar-refractivity contribution in [2.24, 2.45) is 0 Å². The molecule has 0 N–H and O–H groups in total. The molecule has 0 bridgehead atoms. The summed E-state index contributed by atoms with van der Waals surface area (Å²) in [6.07, 6.45) is -1.01. The lowest BCUT2D eigenvalue weighted by Crippen LogP contribution is -2.44. The molecule has 184 valence electrons. The fraction of sp³-hybridized carbons (Fsp3) is 0.381. The van der Waals surface area contributed by atoms with Gasteiger partial charge in [-0.25, -0.2) is 19.0 Å². The number of nitrogens with zero attached hydrogens (tertiary/aromatic N) is 3. The van der Waals surface area contributed by atoms with Crippen molar-refractivity contribution in [2.45, 2.75) is 52.7 Å². The first-order chi connectivity index (χ1) is 15.5. The van der Waals surface area contributed by atoms with Crippen molar-refractivity contribution < 1.29 is 37.5 Å². The van der Waals surface area contributed by atoms with Crippen LogP contribution in [0.4, 0.5) is 29.9 Å². The molecule has 13 heteroatoms. The number of pyridine rings is 1. The van der Waals surface area contributed by atoms with Gasteiger partial charge in [-0.1, -0.05) is 0 Å². The quantitative estimate of drug-likeness (QED) is 0.229. The molecule has 0 atom stereocenters. The summed E-state index contributed by atoms with van der Waals surface area (Å²) in [4.78, 5) is 40.0. The van der Waals surface area contributed by atoms with Gasteiger partial charge in [0.1, 0.15) is 17.0 Å². The highest BCUT2D eigenvalue weighted by Crippen LogP contribution is 2.36. The molecule has 2 aromatic rings. The number of carbonyl (C=O) groups excluding carboxylic acids is 2. The first kappa shape index (κ1) is 27.1. The van der Waals surface area contributed by atoms with Crippen molar-refractivity contribution >= 4 is 46.3 Å². The predicted molar refractivity (Wildman–Crippen MR) is 125 cm³/mol. The van der Waals surface area contributed by atoms with E-state index in [2.05, 4.69) is 4.98 Å². The molecule has 34 heavy (non-hydrogen) atoms. The fourth-order valence-electron chi connectivity index (χ4n) is 2.37. The van der Waals surface area contributed by atoms with E-state index in [9.17, 15) is 28.5 Å². The maximum atomic E-state index is 14.3. The highest BCUT2D eigenvalue weighted by Gasteiger charge is 2.35. The maximum absolute atomic E-state index is 14.3. The van der Waals surface area contributed by atoms with E-state index in [4.69, 9.17) is 14.2 Å². The number of hydrogen-bond donors (Lipinski definition) is 0. The lowest BCUT2D eigenvalue weighted by molar-refractivity contribution is -0.387. The molecule has 0 aliphatic carbocycles. The third-order valence-electron chi connectivity index (χ3n) is 3.62. The highest BCUT2D eigenvalue weighted by atomic mass is 127. The molecule has 0 fully saturated rings. The van der Waals surface area contributed by atoms with Crippen molar-refractivity contribution in [3.05, 3.63) is 49.7 Å². The number of ether oxygens (including phenoxy) is 3. The van der Waals surface area contributed by atoms with Crippen LogP contribution in [-0.4, -0.2) is 33.3 Å². The number of anilines is 1. The standard InChI is InChI=1S/C21H22F2IN3O7/c1-20(2,3)33-18(28)26(19(29)34-21(4,5)6)17-16(24)14(7-8-25-17)32-15-10-11(22)13(27(30)31)9-12(15)23/h7-10H,1-6H3. The summed E-state index contributed by atoms with van der Waals surface area (Å²) < 4.78 is 44.4. The van der Waals surface area contributed by atoms with Crippen molar-refractivity contribution in [1.29, 1.82) is 0 Å². The number of hydrogen-bond acceptors (Lipinski definition) is 8. The van der Waals surface area contributed by atoms with Crippen LogP contribution >= 0.6 is 22.6 Å². The molecule has 0 radical (unpaired) electrons. The van der Waals surface area contributed by atoms with E-state index in [1.807, 2.05) is 0 Å². The number of imide groups is 1. The van der Waals surface area contributed by atoms with E-state index in [0.29, 0.717) is 17.0 Å². The highest BCUT2D eigenvalue weighted by molar-refractivity contribution is 14.1. The van der Waals surface area contributed by atoms with Crippen LogP contribution in [0, 0.1) is 25.3 Å². The van der Waals surface area contributed by atoms with Crippen LogP contribution in [-0.2, 0) is 9.47 Å². The van der Waals surface area contributed by atoms with E-state index in [1.54, 1.807) is 64.1 Å². The third kappa shape index (κ3) is 6.95. The molecular weight excluding hydrogens is 571 g/mol. The summed E-state index contributed by atoms with van der Waals surface area (Å²) in [6.45, 7) is 9.60. The van der Waals surface area contributed by atoms with Gasteiger partial charge in [0.05, 0.1) is 14.6 Å². The van der Waals surface area contributed by atoms with Gasteiger partial charge in [-0.2, -0.15) is 9.29 Å². The summed E-state index contributed by atoms with van der Waals surface area (Å²) in [5.41, 5.74) is -2.98. The molecule has 2 rings (SSSR count). The molecule has 0 aliphatic rings. The Morgan fingerprint density at radius 1 is 1.00 bits per heavy atom. The SMILES string of the molecule is CC(C)(C)OC(=O)N(C(=O)OC(C)(C)C)c1nccc(Oc2cc(F)c([N+](=O)[O-])cc2F)c1I.